The molecule has 0 aromatic rings. The van der Waals surface area contributed by atoms with Crippen molar-refractivity contribution in [3.8, 4) is 0 Å². The standard InChI is InChI=1S/C13H26N2O/c1-2-3-10-12(14)13(16)15-11-8-6-4-5-7-9-11/h11-12H,2-10,14H2,1H3,(H,15,16)/t12-/m0/s1. The Bertz CT molecular complexity index is 198. The molecule has 0 unspecified atom stereocenters. The highest BCUT2D eigenvalue weighted by Gasteiger charge is 2.18. The summed E-state index contributed by atoms with van der Waals surface area (Å²) in [6.07, 6.45) is 10.3. The molecule has 0 saturated heterocycles. The van der Waals surface area contributed by atoms with Crippen LogP contribution in [0.4, 0.5) is 0 Å². The first-order valence-corrected chi connectivity index (χ1v) is 6.80. The molecule has 0 heterocycles. The Hall–Kier alpha value is -0.570. The van der Waals surface area contributed by atoms with Crippen LogP contribution in [0.25, 0.3) is 0 Å². The van der Waals surface area contributed by atoms with Crippen molar-refractivity contribution < 1.29 is 4.79 Å². The van der Waals surface area contributed by atoms with Gasteiger partial charge in [0.15, 0.2) is 0 Å². The molecule has 1 amide bonds. The third-order valence-corrected chi connectivity index (χ3v) is 3.41. The number of amides is 1. The van der Waals surface area contributed by atoms with Crippen molar-refractivity contribution >= 4 is 5.91 Å². The quantitative estimate of drug-likeness (QED) is 0.707. The highest BCUT2D eigenvalue weighted by molar-refractivity contribution is 5.81. The van der Waals surface area contributed by atoms with Crippen LogP contribution in [0.15, 0.2) is 0 Å². The molecule has 0 aromatic carbocycles. The SMILES string of the molecule is CCCC[C@H](N)C(=O)NC1CCCCCC1. The summed E-state index contributed by atoms with van der Waals surface area (Å²) in [5, 5.41) is 3.10. The summed E-state index contributed by atoms with van der Waals surface area (Å²) in [6, 6.07) is 0.0749. The third-order valence-electron chi connectivity index (χ3n) is 3.41. The average Bonchev–Trinajstić information content (AvgIpc) is 2.54. The topological polar surface area (TPSA) is 55.1 Å². The van der Waals surface area contributed by atoms with Crippen LogP contribution in [0.1, 0.15) is 64.7 Å². The van der Waals surface area contributed by atoms with Crippen molar-refractivity contribution in [2.75, 3.05) is 0 Å². The van der Waals surface area contributed by atoms with Gasteiger partial charge in [0.1, 0.15) is 0 Å². The Morgan fingerprint density at radius 2 is 1.94 bits per heavy atom. The molecule has 0 spiro atoms. The monoisotopic (exact) mass is 226 g/mol. The minimum Gasteiger partial charge on any atom is -0.352 e. The number of carbonyl (C=O) groups excluding carboxylic acids is 1. The third kappa shape index (κ3) is 4.97. The van der Waals surface area contributed by atoms with Crippen LogP contribution >= 0.6 is 0 Å². The Labute approximate surface area is 99.2 Å². The van der Waals surface area contributed by atoms with Crippen molar-refractivity contribution in [1.29, 1.82) is 0 Å². The zero-order valence-corrected chi connectivity index (χ0v) is 10.5. The molecular weight excluding hydrogens is 200 g/mol. The van der Waals surface area contributed by atoms with Gasteiger partial charge >= 0.3 is 0 Å². The highest BCUT2D eigenvalue weighted by atomic mass is 16.2. The number of hydrogen-bond donors (Lipinski definition) is 2. The first kappa shape index (κ1) is 13.5. The van der Waals surface area contributed by atoms with Crippen molar-refractivity contribution in [3.63, 3.8) is 0 Å². The molecule has 1 aliphatic rings. The van der Waals surface area contributed by atoms with Crippen LogP contribution in [-0.4, -0.2) is 18.0 Å². The van der Waals surface area contributed by atoms with Gasteiger partial charge in [-0.25, -0.2) is 0 Å². The lowest BCUT2D eigenvalue weighted by molar-refractivity contribution is -0.123. The minimum atomic E-state index is -0.303. The zero-order valence-electron chi connectivity index (χ0n) is 10.5. The van der Waals surface area contributed by atoms with Gasteiger partial charge in [-0.15, -0.1) is 0 Å². The van der Waals surface area contributed by atoms with Gasteiger partial charge in [0.25, 0.3) is 0 Å². The first-order valence-electron chi connectivity index (χ1n) is 6.80. The minimum absolute atomic E-state index is 0.0559. The maximum Gasteiger partial charge on any atom is 0.237 e. The molecule has 3 nitrogen and oxygen atoms in total. The van der Waals surface area contributed by atoms with Crippen LogP contribution in [0.3, 0.4) is 0 Å². The van der Waals surface area contributed by atoms with E-state index in [1.54, 1.807) is 0 Å². The molecule has 0 aromatic heterocycles. The fraction of sp³-hybridized carbons (Fsp3) is 0.923. The number of nitrogens with one attached hydrogen (secondary N) is 1. The van der Waals surface area contributed by atoms with E-state index < -0.39 is 0 Å². The summed E-state index contributed by atoms with van der Waals surface area (Å²) in [4.78, 5) is 11.8. The van der Waals surface area contributed by atoms with Gasteiger partial charge < -0.3 is 11.1 Å². The summed E-state index contributed by atoms with van der Waals surface area (Å²) >= 11 is 0. The van der Waals surface area contributed by atoms with Crippen molar-refractivity contribution in [3.05, 3.63) is 0 Å². The zero-order chi connectivity index (χ0) is 11.8. The first-order chi connectivity index (χ1) is 7.74. The van der Waals surface area contributed by atoms with Gasteiger partial charge in [0, 0.05) is 6.04 Å². The van der Waals surface area contributed by atoms with Crippen LogP contribution in [0.5, 0.6) is 0 Å². The summed E-state index contributed by atoms with van der Waals surface area (Å²) < 4.78 is 0. The lowest BCUT2D eigenvalue weighted by Gasteiger charge is -2.19. The fourth-order valence-electron chi connectivity index (χ4n) is 2.29. The second-order valence-corrected chi connectivity index (χ2v) is 4.95. The maximum absolute atomic E-state index is 11.8. The Morgan fingerprint density at radius 3 is 2.50 bits per heavy atom. The van der Waals surface area contributed by atoms with Crippen LogP contribution in [0.2, 0.25) is 0 Å². The molecule has 1 atom stereocenters. The summed E-state index contributed by atoms with van der Waals surface area (Å²) in [5.74, 6) is 0.0559. The maximum atomic E-state index is 11.8. The smallest absolute Gasteiger partial charge is 0.237 e. The normalized spacial score (nSPS) is 20.1. The van der Waals surface area contributed by atoms with E-state index in [0.29, 0.717) is 6.04 Å². The number of unbranched alkanes of at least 4 members (excludes halogenated alkanes) is 1. The van der Waals surface area contributed by atoms with E-state index in [-0.39, 0.29) is 11.9 Å². The van der Waals surface area contributed by atoms with E-state index in [9.17, 15) is 4.79 Å². The average molecular weight is 226 g/mol. The van der Waals surface area contributed by atoms with Gasteiger partial charge in [-0.2, -0.15) is 0 Å². The van der Waals surface area contributed by atoms with Crippen LogP contribution < -0.4 is 11.1 Å². The Morgan fingerprint density at radius 1 is 1.31 bits per heavy atom. The molecule has 94 valence electrons. The predicted octanol–water partition coefficient (Wildman–Crippen LogP) is 2.34. The van der Waals surface area contributed by atoms with Gasteiger partial charge in [-0.1, -0.05) is 45.4 Å². The molecule has 16 heavy (non-hydrogen) atoms. The van der Waals surface area contributed by atoms with E-state index in [4.69, 9.17) is 5.73 Å². The summed E-state index contributed by atoms with van der Waals surface area (Å²) in [6.45, 7) is 2.12. The van der Waals surface area contributed by atoms with Gasteiger partial charge in [-0.3, -0.25) is 4.79 Å². The second-order valence-electron chi connectivity index (χ2n) is 4.95. The summed E-state index contributed by atoms with van der Waals surface area (Å²) in [7, 11) is 0. The van der Waals surface area contributed by atoms with Gasteiger partial charge in [0.05, 0.1) is 6.04 Å². The van der Waals surface area contributed by atoms with Gasteiger partial charge in [-0.05, 0) is 19.3 Å². The van der Waals surface area contributed by atoms with Crippen LogP contribution in [-0.2, 0) is 4.79 Å². The molecule has 0 bridgehead atoms. The van der Waals surface area contributed by atoms with E-state index in [1.165, 1.54) is 25.7 Å². The van der Waals surface area contributed by atoms with E-state index in [2.05, 4.69) is 12.2 Å². The van der Waals surface area contributed by atoms with Crippen molar-refractivity contribution in [2.24, 2.45) is 5.73 Å². The Kier molecular flexibility index (Phi) is 6.46. The summed E-state index contributed by atoms with van der Waals surface area (Å²) in [5.41, 5.74) is 5.85. The second kappa shape index (κ2) is 7.66. The molecular formula is C13H26N2O. The molecule has 1 saturated carbocycles. The van der Waals surface area contributed by atoms with Crippen molar-refractivity contribution in [2.45, 2.75) is 76.8 Å². The molecule has 3 heteroatoms. The lowest BCUT2D eigenvalue weighted by atomic mass is 10.1. The van der Waals surface area contributed by atoms with Crippen LogP contribution in [0, 0.1) is 0 Å². The number of nitrogens with two attached hydrogens (primary N) is 1. The molecule has 1 fully saturated rings. The molecule has 1 aliphatic carbocycles. The number of hydrogen-bond acceptors (Lipinski definition) is 2. The molecule has 0 radical (unpaired) electrons. The lowest BCUT2D eigenvalue weighted by Crippen LogP contribution is -2.45. The Balaban J connectivity index is 2.25. The predicted molar refractivity (Wildman–Crippen MR) is 67.1 cm³/mol. The van der Waals surface area contributed by atoms with E-state index in [0.717, 1.165) is 32.1 Å². The van der Waals surface area contributed by atoms with E-state index in [1.807, 2.05) is 0 Å². The fourth-order valence-corrected chi connectivity index (χ4v) is 2.29. The highest BCUT2D eigenvalue weighted by Crippen LogP contribution is 2.17. The molecule has 3 N–H and O–H groups in total. The number of carbonyl (C=O) groups is 1. The molecule has 1 rings (SSSR count). The van der Waals surface area contributed by atoms with Gasteiger partial charge in [0.2, 0.25) is 5.91 Å². The molecule has 0 aliphatic heterocycles. The largest absolute Gasteiger partial charge is 0.352 e. The number of rotatable bonds is 5. The van der Waals surface area contributed by atoms with E-state index >= 15 is 0 Å². The van der Waals surface area contributed by atoms with Crippen molar-refractivity contribution in [1.82, 2.24) is 5.32 Å².